The van der Waals surface area contributed by atoms with Gasteiger partial charge in [-0.15, -0.1) is 11.3 Å². The van der Waals surface area contributed by atoms with E-state index in [0.717, 1.165) is 21.8 Å². The molecule has 0 saturated heterocycles. The Morgan fingerprint density at radius 1 is 1.41 bits per heavy atom. The summed E-state index contributed by atoms with van der Waals surface area (Å²) < 4.78 is 2.45. The van der Waals surface area contributed by atoms with Crippen LogP contribution in [0.15, 0.2) is 30.6 Å². The van der Waals surface area contributed by atoms with Gasteiger partial charge in [0, 0.05) is 24.8 Å². The summed E-state index contributed by atoms with van der Waals surface area (Å²) in [4.78, 5) is 4.61. The van der Waals surface area contributed by atoms with Crippen molar-refractivity contribution in [3.8, 4) is 11.3 Å². The summed E-state index contributed by atoms with van der Waals surface area (Å²) in [6.07, 6.45) is 3.68. The van der Waals surface area contributed by atoms with Gasteiger partial charge in [0.2, 0.25) is 0 Å². The van der Waals surface area contributed by atoms with E-state index < -0.39 is 5.60 Å². The van der Waals surface area contributed by atoms with E-state index in [-0.39, 0.29) is 0 Å². The molecule has 3 heterocycles. The predicted molar refractivity (Wildman–Crippen MR) is 89.3 cm³/mol. The molecule has 3 rings (SSSR count). The van der Waals surface area contributed by atoms with Crippen molar-refractivity contribution in [2.75, 3.05) is 6.54 Å². The molecule has 0 amide bonds. The minimum Gasteiger partial charge on any atom is -0.389 e. The summed E-state index contributed by atoms with van der Waals surface area (Å²) in [5.74, 6) is 0. The Hall–Kier alpha value is -1.47. The largest absolute Gasteiger partial charge is 0.389 e. The lowest BCUT2D eigenvalue weighted by atomic mass is 10.1. The first kappa shape index (κ1) is 15.4. The minimum absolute atomic E-state index is 0.496. The molecule has 0 fully saturated rings. The standard InChI is InChI=1S/C15H17ClN4OS/c1-15(2,21)9-17-8-12-19-13(14(16)22-12)10-7-18-20-6-4-3-5-11(10)20/h3-7,17,21H,8-9H2,1-2H3. The van der Waals surface area contributed by atoms with Crippen LogP contribution in [0.25, 0.3) is 16.8 Å². The van der Waals surface area contributed by atoms with Gasteiger partial charge in [0.05, 0.1) is 17.3 Å². The molecular formula is C15H17ClN4OS. The zero-order chi connectivity index (χ0) is 15.7. The van der Waals surface area contributed by atoms with Crippen molar-refractivity contribution in [3.05, 3.63) is 39.9 Å². The van der Waals surface area contributed by atoms with E-state index in [1.165, 1.54) is 11.3 Å². The fraction of sp³-hybridized carbons (Fsp3) is 0.333. The first-order valence-corrected chi connectivity index (χ1v) is 8.14. The number of rotatable bonds is 5. The number of fused-ring (bicyclic) bond motifs is 1. The average molecular weight is 337 g/mol. The molecule has 22 heavy (non-hydrogen) atoms. The second-order valence-electron chi connectivity index (χ2n) is 5.73. The number of hydrogen-bond acceptors (Lipinski definition) is 5. The van der Waals surface area contributed by atoms with Crippen LogP contribution in [-0.2, 0) is 6.54 Å². The van der Waals surface area contributed by atoms with E-state index in [1.54, 1.807) is 24.6 Å². The van der Waals surface area contributed by atoms with Gasteiger partial charge in [-0.3, -0.25) is 0 Å². The second-order valence-corrected chi connectivity index (χ2v) is 7.42. The highest BCUT2D eigenvalue weighted by atomic mass is 35.5. The van der Waals surface area contributed by atoms with Gasteiger partial charge in [-0.2, -0.15) is 5.10 Å². The van der Waals surface area contributed by atoms with Gasteiger partial charge in [-0.25, -0.2) is 9.50 Å². The summed E-state index contributed by atoms with van der Waals surface area (Å²) in [5, 5.41) is 18.1. The van der Waals surface area contributed by atoms with Crippen molar-refractivity contribution in [1.29, 1.82) is 0 Å². The fourth-order valence-electron chi connectivity index (χ4n) is 2.18. The maximum atomic E-state index is 9.71. The van der Waals surface area contributed by atoms with Gasteiger partial charge in [0.15, 0.2) is 0 Å². The third-order valence-corrected chi connectivity index (χ3v) is 4.40. The topological polar surface area (TPSA) is 62.5 Å². The lowest BCUT2D eigenvalue weighted by molar-refractivity contribution is 0.0795. The molecule has 0 aromatic carbocycles. The number of nitrogens with zero attached hydrogens (tertiary/aromatic N) is 3. The average Bonchev–Trinajstić information content (AvgIpc) is 3.01. The van der Waals surface area contributed by atoms with Crippen LogP contribution in [0.4, 0.5) is 0 Å². The van der Waals surface area contributed by atoms with Crippen LogP contribution in [0.2, 0.25) is 4.34 Å². The molecule has 0 atom stereocenters. The minimum atomic E-state index is -0.744. The summed E-state index contributed by atoms with van der Waals surface area (Å²) in [5.41, 5.74) is 1.92. The summed E-state index contributed by atoms with van der Waals surface area (Å²) in [7, 11) is 0. The molecule has 5 nitrogen and oxygen atoms in total. The van der Waals surface area contributed by atoms with Crippen LogP contribution in [0.1, 0.15) is 18.9 Å². The van der Waals surface area contributed by atoms with Crippen molar-refractivity contribution >= 4 is 28.5 Å². The van der Waals surface area contributed by atoms with Gasteiger partial charge < -0.3 is 10.4 Å². The lowest BCUT2D eigenvalue weighted by Gasteiger charge is -2.16. The van der Waals surface area contributed by atoms with Crippen molar-refractivity contribution in [3.63, 3.8) is 0 Å². The highest BCUT2D eigenvalue weighted by Crippen LogP contribution is 2.34. The van der Waals surface area contributed by atoms with Gasteiger partial charge in [0.25, 0.3) is 0 Å². The Kier molecular flexibility index (Phi) is 4.18. The first-order valence-electron chi connectivity index (χ1n) is 6.95. The monoisotopic (exact) mass is 336 g/mol. The summed E-state index contributed by atoms with van der Waals surface area (Å²) in [6.45, 7) is 4.60. The number of hydrogen-bond donors (Lipinski definition) is 2. The second kappa shape index (κ2) is 5.96. The van der Waals surface area contributed by atoms with Crippen LogP contribution >= 0.6 is 22.9 Å². The van der Waals surface area contributed by atoms with E-state index in [0.29, 0.717) is 17.4 Å². The van der Waals surface area contributed by atoms with Gasteiger partial charge in [-0.05, 0) is 26.0 Å². The number of aliphatic hydroxyl groups is 1. The highest BCUT2D eigenvalue weighted by Gasteiger charge is 2.16. The van der Waals surface area contributed by atoms with Crippen molar-refractivity contribution in [2.24, 2.45) is 0 Å². The van der Waals surface area contributed by atoms with E-state index in [2.05, 4.69) is 15.4 Å². The maximum absolute atomic E-state index is 9.71. The predicted octanol–water partition coefficient (Wildman–Crippen LogP) is 2.97. The zero-order valence-electron chi connectivity index (χ0n) is 12.4. The molecule has 0 aliphatic carbocycles. The number of thiazole rings is 1. The van der Waals surface area contributed by atoms with E-state index >= 15 is 0 Å². The van der Waals surface area contributed by atoms with Gasteiger partial charge >= 0.3 is 0 Å². The third-order valence-electron chi connectivity index (χ3n) is 3.15. The summed E-state index contributed by atoms with van der Waals surface area (Å²) >= 11 is 7.79. The molecule has 0 aliphatic heterocycles. The molecule has 3 aromatic rings. The Bertz CT molecular complexity index is 790. The van der Waals surface area contributed by atoms with Gasteiger partial charge in [-0.1, -0.05) is 17.7 Å². The molecule has 0 unspecified atom stereocenters. The number of nitrogens with one attached hydrogen (secondary N) is 1. The number of halogens is 1. The number of pyridine rings is 1. The first-order chi connectivity index (χ1) is 10.4. The quantitative estimate of drug-likeness (QED) is 0.752. The molecule has 0 saturated carbocycles. The lowest BCUT2D eigenvalue weighted by Crippen LogP contribution is -2.34. The molecule has 116 valence electrons. The third kappa shape index (κ3) is 3.30. The van der Waals surface area contributed by atoms with E-state index in [9.17, 15) is 5.11 Å². The summed E-state index contributed by atoms with van der Waals surface area (Å²) in [6, 6.07) is 5.88. The van der Waals surface area contributed by atoms with Crippen LogP contribution in [0.3, 0.4) is 0 Å². The molecule has 0 radical (unpaired) electrons. The van der Waals surface area contributed by atoms with Crippen molar-refractivity contribution in [2.45, 2.75) is 26.0 Å². The normalized spacial score (nSPS) is 12.2. The molecule has 0 bridgehead atoms. The Labute approximate surface area is 137 Å². The van der Waals surface area contributed by atoms with Crippen LogP contribution in [0.5, 0.6) is 0 Å². The molecule has 3 aromatic heterocycles. The molecular weight excluding hydrogens is 320 g/mol. The SMILES string of the molecule is CC(C)(O)CNCc1nc(-c2cnn3ccccc23)c(Cl)s1. The highest BCUT2D eigenvalue weighted by molar-refractivity contribution is 7.16. The van der Waals surface area contributed by atoms with Gasteiger partial charge in [0.1, 0.15) is 15.0 Å². The van der Waals surface area contributed by atoms with Crippen LogP contribution < -0.4 is 5.32 Å². The molecule has 2 N–H and O–H groups in total. The maximum Gasteiger partial charge on any atom is 0.121 e. The van der Waals surface area contributed by atoms with Crippen molar-refractivity contribution < 1.29 is 5.11 Å². The van der Waals surface area contributed by atoms with E-state index in [4.69, 9.17) is 11.6 Å². The zero-order valence-corrected chi connectivity index (χ0v) is 13.9. The van der Waals surface area contributed by atoms with Crippen molar-refractivity contribution in [1.82, 2.24) is 19.9 Å². The molecule has 0 spiro atoms. The Balaban J connectivity index is 1.83. The smallest absolute Gasteiger partial charge is 0.121 e. The Morgan fingerprint density at radius 2 is 2.23 bits per heavy atom. The molecule has 7 heteroatoms. The Morgan fingerprint density at radius 3 is 3.00 bits per heavy atom. The van der Waals surface area contributed by atoms with E-state index in [1.807, 2.05) is 24.4 Å². The molecule has 0 aliphatic rings. The fourth-order valence-corrected chi connectivity index (χ4v) is 3.36. The van der Waals surface area contributed by atoms with Crippen LogP contribution in [-0.4, -0.2) is 31.9 Å². The number of aromatic nitrogens is 3. The van der Waals surface area contributed by atoms with Crippen LogP contribution in [0, 0.1) is 0 Å².